The Morgan fingerprint density at radius 3 is 2.10 bits per heavy atom. The zero-order chi connectivity index (χ0) is 28.7. The SMILES string of the molecule is CN=C(C)C.Cc1ccc(NC(=O)c2ccc3nc(NC(=O)Nc4ccc(C(C)(F)F)cc4)sc3c2)cc1C. The number of carbonyl (C=O) groups excluding carboxylic acids is 2. The third-order valence-electron chi connectivity index (χ3n) is 5.73. The van der Waals surface area contributed by atoms with E-state index >= 15 is 0 Å². The minimum atomic E-state index is -2.95. The van der Waals surface area contributed by atoms with Crippen LogP contribution in [0, 0.1) is 13.8 Å². The van der Waals surface area contributed by atoms with Crippen LogP contribution in [0.15, 0.2) is 65.7 Å². The zero-order valence-electron chi connectivity index (χ0n) is 22.6. The maximum absolute atomic E-state index is 13.3. The van der Waals surface area contributed by atoms with Gasteiger partial charge in [-0.1, -0.05) is 29.5 Å². The van der Waals surface area contributed by atoms with Crippen molar-refractivity contribution in [2.45, 2.75) is 40.5 Å². The van der Waals surface area contributed by atoms with Gasteiger partial charge in [-0.15, -0.1) is 0 Å². The summed E-state index contributed by atoms with van der Waals surface area (Å²) in [5.74, 6) is -3.19. The number of aryl methyl sites for hydroxylation is 2. The molecule has 1 heterocycles. The maximum Gasteiger partial charge on any atom is 0.325 e. The van der Waals surface area contributed by atoms with Gasteiger partial charge in [0, 0.05) is 42.2 Å². The van der Waals surface area contributed by atoms with Gasteiger partial charge in [-0.2, -0.15) is 0 Å². The fourth-order valence-corrected chi connectivity index (χ4v) is 4.15. The third-order valence-corrected chi connectivity index (χ3v) is 6.67. The molecule has 0 aliphatic carbocycles. The van der Waals surface area contributed by atoms with Gasteiger partial charge in [0.2, 0.25) is 0 Å². The predicted molar refractivity (Wildman–Crippen MR) is 157 cm³/mol. The minimum Gasteiger partial charge on any atom is -0.322 e. The number of anilines is 3. The summed E-state index contributed by atoms with van der Waals surface area (Å²) < 4.78 is 27.4. The highest BCUT2D eigenvalue weighted by Gasteiger charge is 2.23. The van der Waals surface area contributed by atoms with Crippen LogP contribution in [0.5, 0.6) is 0 Å². The molecule has 0 bridgehead atoms. The second kappa shape index (κ2) is 12.6. The second-order valence-electron chi connectivity index (χ2n) is 9.17. The first-order chi connectivity index (χ1) is 18.3. The van der Waals surface area contributed by atoms with E-state index in [4.69, 9.17) is 0 Å². The van der Waals surface area contributed by atoms with Crippen LogP contribution in [-0.2, 0) is 5.92 Å². The summed E-state index contributed by atoms with van der Waals surface area (Å²) in [4.78, 5) is 33.1. The van der Waals surface area contributed by atoms with E-state index in [0.717, 1.165) is 28.5 Å². The smallest absolute Gasteiger partial charge is 0.322 e. The van der Waals surface area contributed by atoms with Crippen molar-refractivity contribution >= 4 is 55.7 Å². The largest absolute Gasteiger partial charge is 0.325 e. The van der Waals surface area contributed by atoms with Gasteiger partial charge >= 0.3 is 6.03 Å². The van der Waals surface area contributed by atoms with Crippen LogP contribution >= 0.6 is 11.3 Å². The van der Waals surface area contributed by atoms with Crippen molar-refractivity contribution in [2.24, 2.45) is 4.99 Å². The minimum absolute atomic E-state index is 0.137. The summed E-state index contributed by atoms with van der Waals surface area (Å²) in [5, 5.41) is 8.45. The van der Waals surface area contributed by atoms with Crippen molar-refractivity contribution in [3.8, 4) is 0 Å². The number of thiazole rings is 1. The van der Waals surface area contributed by atoms with Crippen LogP contribution in [-0.4, -0.2) is 29.7 Å². The van der Waals surface area contributed by atoms with Gasteiger partial charge in [0.1, 0.15) is 0 Å². The van der Waals surface area contributed by atoms with Gasteiger partial charge in [-0.3, -0.25) is 15.1 Å². The Balaban J connectivity index is 0.000000771. The molecule has 0 aliphatic rings. The Hall–Kier alpha value is -4.18. The highest BCUT2D eigenvalue weighted by atomic mass is 32.1. The lowest BCUT2D eigenvalue weighted by Crippen LogP contribution is -2.19. The Morgan fingerprint density at radius 1 is 0.872 bits per heavy atom. The van der Waals surface area contributed by atoms with Gasteiger partial charge in [-0.25, -0.2) is 18.6 Å². The number of benzene rings is 3. The van der Waals surface area contributed by atoms with Crippen molar-refractivity contribution in [1.82, 2.24) is 4.98 Å². The maximum atomic E-state index is 13.3. The third kappa shape index (κ3) is 8.41. The monoisotopic (exact) mass is 551 g/mol. The standard InChI is InChI=1S/C25H22F2N4O2S.C4H9N/c1-14-4-8-19(12-15(14)2)28-22(32)16-5-11-20-21(13-16)34-24(30-20)31-23(33)29-18-9-6-17(7-10-18)25(3,26)27;1-4(2)5-3/h4-13H,1-3H3,(H,28,32)(H2,29,30,31,33);1-3H3. The van der Waals surface area contributed by atoms with Crippen molar-refractivity contribution in [1.29, 1.82) is 0 Å². The number of aromatic nitrogens is 1. The van der Waals surface area contributed by atoms with E-state index in [1.807, 2.05) is 45.9 Å². The molecule has 0 spiro atoms. The molecule has 1 aromatic heterocycles. The summed E-state index contributed by atoms with van der Waals surface area (Å²) in [6.45, 7) is 8.75. The van der Waals surface area contributed by atoms with Gasteiger partial charge in [-0.05, 0) is 81.3 Å². The molecule has 4 rings (SSSR count). The summed E-state index contributed by atoms with van der Waals surface area (Å²) in [7, 11) is 1.79. The molecule has 0 aliphatic heterocycles. The molecule has 3 N–H and O–H groups in total. The molecule has 0 saturated carbocycles. The number of hydrogen-bond acceptors (Lipinski definition) is 5. The zero-order valence-corrected chi connectivity index (χ0v) is 23.5. The number of amides is 3. The molecule has 10 heteroatoms. The first-order valence-corrected chi connectivity index (χ1v) is 12.9. The van der Waals surface area contributed by atoms with Gasteiger partial charge < -0.3 is 10.6 Å². The Kier molecular flexibility index (Phi) is 9.47. The number of rotatable bonds is 5. The predicted octanol–water partition coefficient (Wildman–Crippen LogP) is 8.02. The summed E-state index contributed by atoms with van der Waals surface area (Å²) >= 11 is 1.22. The normalized spacial score (nSPS) is 10.8. The summed E-state index contributed by atoms with van der Waals surface area (Å²) in [5.41, 5.74) is 5.42. The second-order valence-corrected chi connectivity index (χ2v) is 10.2. The number of aliphatic imine (C=N–C) groups is 1. The number of carbonyl (C=O) groups is 2. The highest BCUT2D eigenvalue weighted by molar-refractivity contribution is 7.22. The van der Waals surface area contributed by atoms with Gasteiger partial charge in [0.25, 0.3) is 11.8 Å². The number of halogens is 2. The Bertz CT molecular complexity index is 1500. The van der Waals surface area contributed by atoms with E-state index in [1.165, 1.54) is 35.6 Å². The average Bonchev–Trinajstić information content (AvgIpc) is 3.27. The molecule has 0 radical (unpaired) electrons. The van der Waals surface area contributed by atoms with Crippen LogP contribution in [0.2, 0.25) is 0 Å². The van der Waals surface area contributed by atoms with E-state index < -0.39 is 12.0 Å². The molecule has 0 atom stereocenters. The van der Waals surface area contributed by atoms with Crippen molar-refractivity contribution < 1.29 is 18.4 Å². The van der Waals surface area contributed by atoms with Crippen LogP contribution < -0.4 is 16.0 Å². The topological polar surface area (TPSA) is 95.5 Å². The highest BCUT2D eigenvalue weighted by Crippen LogP contribution is 2.29. The quantitative estimate of drug-likeness (QED) is 0.219. The van der Waals surface area contributed by atoms with Gasteiger partial charge in [0.15, 0.2) is 5.13 Å². The fourth-order valence-electron chi connectivity index (χ4n) is 3.25. The number of nitrogens with zero attached hydrogens (tertiary/aromatic N) is 2. The molecule has 39 heavy (non-hydrogen) atoms. The molecule has 204 valence electrons. The van der Waals surface area contributed by atoms with Crippen LogP contribution in [0.25, 0.3) is 10.2 Å². The van der Waals surface area contributed by atoms with Crippen molar-refractivity contribution in [2.75, 3.05) is 23.0 Å². The van der Waals surface area contributed by atoms with E-state index in [0.29, 0.717) is 27.6 Å². The molecule has 0 fully saturated rings. The summed E-state index contributed by atoms with van der Waals surface area (Å²) in [6.07, 6.45) is 0. The summed E-state index contributed by atoms with van der Waals surface area (Å²) in [6, 6.07) is 15.6. The molecular weight excluding hydrogens is 520 g/mol. The molecule has 3 amide bonds. The lowest BCUT2D eigenvalue weighted by molar-refractivity contribution is 0.0175. The number of fused-ring (bicyclic) bond motifs is 1. The van der Waals surface area contributed by atoms with Crippen LogP contribution in [0.1, 0.15) is 47.8 Å². The average molecular weight is 552 g/mol. The molecule has 0 unspecified atom stereocenters. The molecule has 7 nitrogen and oxygen atoms in total. The van der Waals surface area contributed by atoms with E-state index in [-0.39, 0.29) is 11.5 Å². The van der Waals surface area contributed by atoms with E-state index in [1.54, 1.807) is 25.2 Å². The number of urea groups is 1. The first kappa shape index (κ1) is 29.4. The number of hydrogen-bond donors (Lipinski definition) is 3. The lowest BCUT2D eigenvalue weighted by Gasteiger charge is -2.11. The lowest BCUT2D eigenvalue weighted by atomic mass is 10.1. The van der Waals surface area contributed by atoms with Crippen LogP contribution in [0.4, 0.5) is 30.1 Å². The number of alkyl halides is 2. The van der Waals surface area contributed by atoms with E-state index in [9.17, 15) is 18.4 Å². The van der Waals surface area contributed by atoms with Crippen LogP contribution in [0.3, 0.4) is 0 Å². The Morgan fingerprint density at radius 2 is 1.51 bits per heavy atom. The van der Waals surface area contributed by atoms with E-state index in [2.05, 4.69) is 25.9 Å². The van der Waals surface area contributed by atoms with Gasteiger partial charge in [0.05, 0.1) is 10.2 Å². The molecular formula is C29H31F2N5O2S. The fraction of sp³-hybridized carbons (Fsp3) is 0.241. The number of nitrogens with one attached hydrogen (secondary N) is 3. The molecule has 4 aromatic rings. The van der Waals surface area contributed by atoms with Crippen molar-refractivity contribution in [3.05, 3.63) is 82.9 Å². The Labute approximate surface area is 230 Å². The van der Waals surface area contributed by atoms with Crippen molar-refractivity contribution in [3.63, 3.8) is 0 Å². The molecule has 3 aromatic carbocycles. The first-order valence-electron chi connectivity index (χ1n) is 12.1. The molecule has 0 saturated heterocycles.